The number of aliphatic hydroxyl groups excluding tert-OH is 1. The number of azo groups is 3. The number of thiazole rings is 1. The van der Waals surface area contributed by atoms with Crippen molar-refractivity contribution in [2.45, 2.75) is 42.1 Å². The van der Waals surface area contributed by atoms with Gasteiger partial charge in [-0.25, -0.2) is 4.98 Å². The third-order valence-electron chi connectivity index (χ3n) is 9.25. The zero-order valence-electron chi connectivity index (χ0n) is 38.3. The normalized spacial score (nSPS) is 11.7. The summed E-state index contributed by atoms with van der Waals surface area (Å²) in [6.45, 7) is 1.30. The van der Waals surface area contributed by atoms with Gasteiger partial charge in [-0.2, -0.15) is 53.0 Å². The minimum atomic E-state index is -5.16. The quantitative estimate of drug-likeness (QED) is 0.0355. The number of ether oxygens (including phenoxy) is 1. The highest BCUT2D eigenvalue weighted by Gasteiger charge is 2.24. The third kappa shape index (κ3) is 18.8. The van der Waals surface area contributed by atoms with Crippen LogP contribution in [0.15, 0.2) is 124 Å². The highest BCUT2D eigenvalue weighted by molar-refractivity contribution is 7.87. The maximum Gasteiger partial charge on any atom is 0.425 e. The molecule has 33 nitrogen and oxygen atoms in total. The van der Waals surface area contributed by atoms with Crippen LogP contribution in [0, 0.1) is 6.92 Å². The standard InChI is InChI=1S/C37H31N9O16S5.CO2.CH4.2O3S/c1-19-11-30(32(62-9-2-10-64(50,51)52)16-29(19)42-45-37-39-26-6-3-20(18-47)12-33(26)63-37)43-40-27-7-5-25-24(34(27)48)4-8-28(35(25)67(59,60)61)41-44-31-17-38-46(36(31)49)21-13-22(65(53,54)55)15-23(14-21)66(56,57)58;2-1-3;;2*1-4(2)3/h3-8,11-17,47-49H,2,9-10,18H2,1H3,(H,50,51,52)(H,53,54,55)(H,56,57,58)(H,59,60,61);;1H4;;. The summed E-state index contributed by atoms with van der Waals surface area (Å²) in [6, 6.07) is 14.6. The Balaban J connectivity index is 0.00000125. The van der Waals surface area contributed by atoms with Gasteiger partial charge in [0.05, 0.1) is 56.5 Å². The molecule has 0 spiro atoms. The van der Waals surface area contributed by atoms with Crippen LogP contribution < -0.4 is 4.74 Å². The van der Waals surface area contributed by atoms with Crippen molar-refractivity contribution in [3.8, 4) is 23.1 Å². The maximum atomic E-state index is 12.8. The molecular formula is C39H35N9O24S7. The van der Waals surface area contributed by atoms with Crippen molar-refractivity contribution < 1.29 is 107 Å². The summed E-state index contributed by atoms with van der Waals surface area (Å²) < 4.78 is 192. The molecule has 40 heteroatoms. The fourth-order valence-corrected chi connectivity index (χ4v) is 9.46. The van der Waals surface area contributed by atoms with Gasteiger partial charge in [-0.1, -0.05) is 30.9 Å². The third-order valence-corrected chi connectivity index (χ3v) is 13.6. The molecular weight excluding hydrogens is 1200 g/mol. The number of benzene rings is 5. The molecule has 2 aromatic heterocycles. The molecule has 7 aromatic rings. The van der Waals surface area contributed by atoms with E-state index in [0.717, 1.165) is 29.1 Å². The van der Waals surface area contributed by atoms with E-state index < -0.39 is 111 Å². The van der Waals surface area contributed by atoms with Gasteiger partial charge in [-0.3, -0.25) is 18.2 Å². The fourth-order valence-electron chi connectivity index (χ4n) is 6.14. The molecule has 0 atom stereocenters. The largest absolute Gasteiger partial charge is 0.505 e. The van der Waals surface area contributed by atoms with E-state index >= 15 is 0 Å². The first-order valence-corrected chi connectivity index (χ1v) is 28.7. The number of hydrogen-bond donors (Lipinski definition) is 7. The summed E-state index contributed by atoms with van der Waals surface area (Å²) in [5.74, 6) is -2.11. The average molecular weight is 1240 g/mol. The molecule has 7 N–H and O–H groups in total. The molecule has 79 heavy (non-hydrogen) atoms. The maximum absolute atomic E-state index is 12.8. The molecule has 0 amide bonds. The van der Waals surface area contributed by atoms with Gasteiger partial charge in [0.1, 0.15) is 27.7 Å². The monoisotopic (exact) mass is 1240 g/mol. The van der Waals surface area contributed by atoms with E-state index in [-0.39, 0.29) is 61.1 Å². The van der Waals surface area contributed by atoms with Gasteiger partial charge in [0.25, 0.3) is 40.5 Å². The van der Waals surface area contributed by atoms with Crippen LogP contribution in [0.4, 0.5) is 33.6 Å². The summed E-state index contributed by atoms with van der Waals surface area (Å²) in [6.07, 6.45) is 0.974. The number of nitrogens with zero attached hydrogens (tertiary/aromatic N) is 9. The number of carbonyl (C=O) groups excluding carboxylic acids is 2. The van der Waals surface area contributed by atoms with Gasteiger partial charge in [0, 0.05) is 16.8 Å². The van der Waals surface area contributed by atoms with Crippen molar-refractivity contribution >= 4 is 134 Å². The number of rotatable bonds is 16. The first kappa shape index (κ1) is 65.2. The van der Waals surface area contributed by atoms with E-state index in [4.69, 9.17) is 39.6 Å². The number of hydrogen-bond acceptors (Lipinski definition) is 29. The van der Waals surface area contributed by atoms with Crippen molar-refractivity contribution in [1.29, 1.82) is 0 Å². The summed E-state index contributed by atoms with van der Waals surface area (Å²) in [4.78, 5) is 17.8. The predicted octanol–water partition coefficient (Wildman–Crippen LogP) is 5.53. The molecule has 0 fully saturated rings. The second-order valence-electron chi connectivity index (χ2n) is 14.4. The number of phenols is 1. The van der Waals surface area contributed by atoms with Crippen LogP contribution in [-0.2, 0) is 77.9 Å². The van der Waals surface area contributed by atoms with E-state index in [2.05, 4.69) is 40.8 Å². The van der Waals surface area contributed by atoms with E-state index in [1.807, 2.05) is 0 Å². The lowest BCUT2D eigenvalue weighted by molar-refractivity contribution is -0.191. The van der Waals surface area contributed by atoms with Crippen LogP contribution in [0.1, 0.15) is 25.0 Å². The average Bonchev–Trinajstić information content (AvgIpc) is 3.92. The topological polar surface area (TPSA) is 529 Å². The highest BCUT2D eigenvalue weighted by atomic mass is 32.2. The lowest BCUT2D eigenvalue weighted by Gasteiger charge is -2.11. The van der Waals surface area contributed by atoms with Crippen molar-refractivity contribution in [1.82, 2.24) is 14.8 Å². The minimum Gasteiger partial charge on any atom is -0.505 e. The molecule has 0 aliphatic carbocycles. The van der Waals surface area contributed by atoms with Gasteiger partial charge < -0.3 is 20.1 Å². The van der Waals surface area contributed by atoms with E-state index in [9.17, 15) is 67.2 Å². The van der Waals surface area contributed by atoms with Crippen LogP contribution in [0.2, 0.25) is 0 Å². The molecule has 0 bridgehead atoms. The molecule has 0 aliphatic rings. The smallest absolute Gasteiger partial charge is 0.425 e. The first-order chi connectivity index (χ1) is 36.3. The first-order valence-electron chi connectivity index (χ1n) is 19.9. The van der Waals surface area contributed by atoms with Crippen molar-refractivity contribution in [3.05, 3.63) is 90.1 Å². The van der Waals surface area contributed by atoms with E-state index in [0.29, 0.717) is 50.3 Å². The van der Waals surface area contributed by atoms with Crippen molar-refractivity contribution in [3.63, 3.8) is 0 Å². The van der Waals surface area contributed by atoms with Gasteiger partial charge in [0.15, 0.2) is 11.4 Å². The Labute approximate surface area is 451 Å². The number of fused-ring (bicyclic) bond motifs is 2. The highest BCUT2D eigenvalue weighted by Crippen LogP contribution is 2.44. The lowest BCUT2D eigenvalue weighted by atomic mass is 10.1. The molecule has 0 saturated carbocycles. The predicted molar refractivity (Wildman–Crippen MR) is 267 cm³/mol. The van der Waals surface area contributed by atoms with Crippen molar-refractivity contribution in [2.75, 3.05) is 12.4 Å². The lowest BCUT2D eigenvalue weighted by Crippen LogP contribution is -2.08. The summed E-state index contributed by atoms with van der Waals surface area (Å²) in [7, 11) is -25.8. The Morgan fingerprint density at radius 1 is 0.658 bits per heavy atom. The van der Waals surface area contributed by atoms with Crippen LogP contribution in [0.3, 0.4) is 0 Å². The second kappa shape index (κ2) is 27.5. The number of aliphatic hydroxyl groups is 1. The van der Waals surface area contributed by atoms with Crippen molar-refractivity contribution in [2.24, 2.45) is 30.7 Å². The van der Waals surface area contributed by atoms with Gasteiger partial charge in [-0.15, -0.1) is 55.9 Å². The number of phenolic OH excluding ortho intramolecular Hbond substituents is 1. The number of aromatic nitrogens is 3. The molecule has 7 rings (SSSR count). The van der Waals surface area contributed by atoms with Crippen LogP contribution >= 0.6 is 11.3 Å². The second-order valence-corrected chi connectivity index (χ2v) is 22.0. The van der Waals surface area contributed by atoms with Gasteiger partial charge in [-0.05, 0) is 79.1 Å². The zero-order valence-corrected chi connectivity index (χ0v) is 44.0. The Hall–Kier alpha value is -8.12. The minimum absolute atomic E-state index is 0. The van der Waals surface area contributed by atoms with Gasteiger partial charge >= 0.3 is 27.4 Å². The Morgan fingerprint density at radius 3 is 1.75 bits per heavy atom. The summed E-state index contributed by atoms with van der Waals surface area (Å²) in [5, 5.41) is 59.6. The van der Waals surface area contributed by atoms with E-state index in [1.54, 1.807) is 25.1 Å². The van der Waals surface area contributed by atoms with E-state index in [1.165, 1.54) is 29.5 Å². The Kier molecular flexibility index (Phi) is 22.7. The summed E-state index contributed by atoms with van der Waals surface area (Å²) >= 11 is 1.23. The zero-order chi connectivity index (χ0) is 58.5. The molecule has 5 aromatic carbocycles. The fraction of sp³-hybridized carbons (Fsp3) is 0.154. The number of aryl methyl sites for hydroxylation is 1. The number of aromatic hydroxyl groups is 2. The molecule has 0 radical (unpaired) electrons. The van der Waals surface area contributed by atoms with Crippen LogP contribution in [-0.4, -0.2) is 126 Å². The molecule has 422 valence electrons. The Morgan fingerprint density at radius 2 is 1.19 bits per heavy atom. The Bertz CT molecular complexity index is 4210. The van der Waals surface area contributed by atoms with Crippen LogP contribution in [0.25, 0.3) is 26.7 Å². The molecule has 0 aliphatic heterocycles. The molecule has 2 heterocycles. The molecule has 0 unspecified atom stereocenters. The van der Waals surface area contributed by atoms with Gasteiger partial charge in [0.2, 0.25) is 11.0 Å². The van der Waals surface area contributed by atoms with Crippen LogP contribution in [0.5, 0.6) is 17.4 Å². The SMILES string of the molecule is C.Cc1cc(N=Nc2ccc3c(S(=O)(=O)O)c(N=Nc4cnn(-c5cc(S(=O)(=O)O)cc(S(=O)(=O)O)c5)c4O)ccc3c2O)c(OCCCS(=O)(=O)O)cc1N=Nc1nc2ccc(CO)cc2s1.O=C=O.O=S(=O)=O.O=S(=O)=O. The molecule has 0 saturated heterocycles. The summed E-state index contributed by atoms with van der Waals surface area (Å²) in [5.41, 5.74) is 0.445.